The third-order valence-corrected chi connectivity index (χ3v) is 10.1. The van der Waals surface area contributed by atoms with Crippen molar-refractivity contribution in [2.75, 3.05) is 13.1 Å². The number of hydrogen-bond acceptors (Lipinski definition) is 9. The van der Waals surface area contributed by atoms with Crippen LogP contribution in [0.2, 0.25) is 0 Å². The Bertz CT molecular complexity index is 1960. The minimum atomic E-state index is -1.86. The number of hydrogen-bond donors (Lipinski definition) is 2. The van der Waals surface area contributed by atoms with E-state index in [1.54, 1.807) is 17.6 Å². The number of ether oxygens (including phenoxy) is 2. The summed E-state index contributed by atoms with van der Waals surface area (Å²) in [6, 6.07) is 7.81. The molecule has 0 bridgehead atoms. The highest BCUT2D eigenvalue weighted by atomic mass is 16.6. The van der Waals surface area contributed by atoms with Gasteiger partial charge in [-0.2, -0.15) is 0 Å². The molecule has 6 rings (SSSR count). The number of allylic oxidation sites excluding steroid dienone is 1. The molecule has 0 spiro atoms. The van der Waals surface area contributed by atoms with Crippen molar-refractivity contribution in [2.24, 2.45) is 11.8 Å². The Kier molecular flexibility index (Phi) is 9.49. The molecule has 256 valence electrons. The monoisotopic (exact) mass is 668 g/mol. The molecule has 2 N–H and O–H groups in total. The molecular weight excluding hydrogens is 628 g/mol. The van der Waals surface area contributed by atoms with E-state index < -0.39 is 24.1 Å². The van der Waals surface area contributed by atoms with E-state index in [2.05, 4.69) is 23.6 Å². The minimum absolute atomic E-state index is 0.0182. The third-order valence-electron chi connectivity index (χ3n) is 10.1. The second-order valence-corrected chi connectivity index (χ2v) is 13.0. The van der Waals surface area contributed by atoms with E-state index in [1.165, 1.54) is 6.08 Å². The lowest BCUT2D eigenvalue weighted by atomic mass is 9.81. The van der Waals surface area contributed by atoms with Gasteiger partial charge in [0.05, 0.1) is 29.0 Å². The number of nitrogens with zero attached hydrogens (tertiary/aromatic N) is 2. The van der Waals surface area contributed by atoms with Crippen LogP contribution in [0.15, 0.2) is 41.2 Å². The predicted octanol–water partition coefficient (Wildman–Crippen LogP) is 3.30. The van der Waals surface area contributed by atoms with Gasteiger partial charge in [-0.25, -0.2) is 9.78 Å². The molecule has 4 heterocycles. The van der Waals surface area contributed by atoms with Gasteiger partial charge in [0.25, 0.3) is 5.56 Å². The molecule has 3 aliphatic rings. The zero-order valence-electron chi connectivity index (χ0n) is 27.9. The Labute approximate surface area is 283 Å². The number of amides is 2. The molecule has 2 aromatic heterocycles. The van der Waals surface area contributed by atoms with Crippen LogP contribution in [0.25, 0.3) is 22.3 Å². The van der Waals surface area contributed by atoms with Crippen LogP contribution in [-0.4, -0.2) is 52.7 Å². The quantitative estimate of drug-likeness (QED) is 0.147. The van der Waals surface area contributed by atoms with Gasteiger partial charge in [-0.1, -0.05) is 25.5 Å². The minimum Gasteiger partial charge on any atom is -0.457 e. The van der Waals surface area contributed by atoms with Crippen molar-refractivity contribution in [2.45, 2.75) is 78.0 Å². The fourth-order valence-corrected chi connectivity index (χ4v) is 7.43. The average molecular weight is 669 g/mol. The maximum absolute atomic E-state index is 14.0. The van der Waals surface area contributed by atoms with Gasteiger partial charge >= 0.3 is 11.9 Å². The molecule has 0 radical (unpaired) electrons. The summed E-state index contributed by atoms with van der Waals surface area (Å²) in [4.78, 5) is 80.7. The third kappa shape index (κ3) is 6.27. The summed E-state index contributed by atoms with van der Waals surface area (Å²) in [5.41, 5.74) is 3.57. The predicted molar refractivity (Wildman–Crippen MR) is 179 cm³/mol. The maximum atomic E-state index is 14.0. The number of aromatic nitrogens is 2. The molecule has 1 aliphatic carbocycles. The van der Waals surface area contributed by atoms with Gasteiger partial charge in [0.2, 0.25) is 17.4 Å². The Balaban J connectivity index is 1.18. The van der Waals surface area contributed by atoms with Crippen molar-refractivity contribution >= 4 is 40.9 Å². The van der Waals surface area contributed by atoms with E-state index in [0.717, 1.165) is 52.9 Å². The molecule has 0 saturated heterocycles. The summed E-state index contributed by atoms with van der Waals surface area (Å²) in [7, 11) is 0. The maximum Gasteiger partial charge on any atom is 0.355 e. The number of aldehydes is 1. The van der Waals surface area contributed by atoms with Crippen molar-refractivity contribution in [1.29, 1.82) is 0 Å². The van der Waals surface area contributed by atoms with Gasteiger partial charge in [0.15, 0.2) is 0 Å². The number of benzene rings is 1. The number of nitrogens with one attached hydrogen (secondary N) is 2. The Morgan fingerprint density at radius 1 is 1.08 bits per heavy atom. The van der Waals surface area contributed by atoms with E-state index in [1.807, 2.05) is 19.1 Å². The van der Waals surface area contributed by atoms with Gasteiger partial charge in [0.1, 0.15) is 19.4 Å². The molecule has 49 heavy (non-hydrogen) atoms. The van der Waals surface area contributed by atoms with Crippen LogP contribution >= 0.6 is 0 Å². The van der Waals surface area contributed by atoms with Gasteiger partial charge < -0.3 is 24.7 Å². The van der Waals surface area contributed by atoms with Crippen molar-refractivity contribution < 1.29 is 33.4 Å². The molecule has 1 fully saturated rings. The van der Waals surface area contributed by atoms with Crippen molar-refractivity contribution in [1.82, 2.24) is 20.2 Å². The molecule has 1 atom stereocenters. The summed E-state index contributed by atoms with van der Waals surface area (Å²) in [6.07, 6.45) is 6.21. The summed E-state index contributed by atoms with van der Waals surface area (Å²) in [6.45, 7) is 5.88. The van der Waals surface area contributed by atoms with E-state index >= 15 is 0 Å². The van der Waals surface area contributed by atoms with Crippen molar-refractivity contribution in [3.8, 4) is 11.4 Å². The normalized spacial score (nSPS) is 21.0. The van der Waals surface area contributed by atoms with Crippen molar-refractivity contribution in [3.63, 3.8) is 0 Å². The zero-order chi connectivity index (χ0) is 34.9. The molecule has 3 aromatic rings. The zero-order valence-corrected chi connectivity index (χ0v) is 27.9. The Morgan fingerprint density at radius 3 is 2.57 bits per heavy atom. The van der Waals surface area contributed by atoms with Gasteiger partial charge in [0, 0.05) is 35.1 Å². The summed E-state index contributed by atoms with van der Waals surface area (Å²) < 4.78 is 13.0. The smallest absolute Gasteiger partial charge is 0.355 e. The van der Waals surface area contributed by atoms with E-state index in [4.69, 9.17) is 14.5 Å². The van der Waals surface area contributed by atoms with Gasteiger partial charge in [-0.15, -0.1) is 0 Å². The molecule has 1 saturated carbocycles. The van der Waals surface area contributed by atoms with Crippen LogP contribution in [0.5, 0.6) is 0 Å². The van der Waals surface area contributed by atoms with E-state index in [-0.39, 0.29) is 53.4 Å². The number of rotatable bonds is 10. The van der Waals surface area contributed by atoms with Crippen LogP contribution < -0.4 is 16.2 Å². The van der Waals surface area contributed by atoms with E-state index in [0.29, 0.717) is 43.6 Å². The highest BCUT2D eigenvalue weighted by molar-refractivity contribution is 5.92. The lowest BCUT2D eigenvalue weighted by molar-refractivity contribution is -0.189. The first-order chi connectivity index (χ1) is 23.6. The molecule has 2 aliphatic heterocycles. The molecule has 1 aromatic carbocycles. The number of pyridine rings is 2. The Hall–Kier alpha value is -5.13. The second-order valence-electron chi connectivity index (χ2n) is 13.0. The van der Waals surface area contributed by atoms with Crippen LogP contribution in [0.3, 0.4) is 0 Å². The van der Waals surface area contributed by atoms with Crippen LogP contribution in [-0.2, 0) is 58.6 Å². The topological polar surface area (TPSA) is 163 Å². The second kappa shape index (κ2) is 13.8. The molecule has 1 unspecified atom stereocenters. The first-order valence-corrected chi connectivity index (χ1v) is 16.9. The lowest BCUT2D eigenvalue weighted by Gasteiger charge is -2.35. The largest absolute Gasteiger partial charge is 0.457 e. The molecule has 12 heteroatoms. The fourth-order valence-electron chi connectivity index (χ4n) is 7.43. The molecular formula is C37H40N4O8. The number of fused-ring (bicyclic) bond motifs is 5. The fraction of sp³-hybridized carbons (Fsp3) is 0.432. The first-order valence-electron chi connectivity index (χ1n) is 16.9. The van der Waals surface area contributed by atoms with E-state index in [9.17, 15) is 28.8 Å². The number of esters is 2. The number of aryl methyl sites for hydroxylation is 2. The molecule has 12 nitrogen and oxygen atoms in total. The number of cyclic esters (lactones) is 1. The number of carbonyl (C=O) groups excluding carboxylic acids is 5. The van der Waals surface area contributed by atoms with Crippen LogP contribution in [0.4, 0.5) is 0 Å². The van der Waals surface area contributed by atoms with Crippen LogP contribution in [0.1, 0.15) is 73.8 Å². The summed E-state index contributed by atoms with van der Waals surface area (Å²) in [5.74, 6) is -2.34. The van der Waals surface area contributed by atoms with Gasteiger partial charge in [-0.05, 0) is 81.2 Å². The SMILES string of the molecule is CCc1c2c(nc3ccc(C)cc13)-c1cc3c(c(=O)n1C2)COC(=O)C3(CC)OC(=O)CNC(=O)C1CCC(CNC(=O)/C=C\C=O)CC1. The number of carbonyl (C=O) groups is 5. The highest BCUT2D eigenvalue weighted by Crippen LogP contribution is 2.42. The summed E-state index contributed by atoms with van der Waals surface area (Å²) >= 11 is 0. The van der Waals surface area contributed by atoms with Crippen molar-refractivity contribution in [3.05, 3.63) is 74.6 Å². The Morgan fingerprint density at radius 2 is 1.86 bits per heavy atom. The standard InChI is InChI=1S/C37H40N4O8/c1-4-24-25-15-21(3)8-13-29(25)40-33-26(24)19-41-30(33)16-28-27(35(41)46)20-48-36(47)37(28,5-2)49-32(44)18-39-34(45)23-11-9-22(10-12-23)17-38-31(43)7-6-14-42/h6-8,13-16,22-23H,4-5,9-12,17-20H2,1-3H3,(H,38,43)(H,39,45)/b7-6-. The first kappa shape index (κ1) is 33.8. The van der Waals surface area contributed by atoms with Crippen LogP contribution in [0, 0.1) is 18.8 Å². The average Bonchev–Trinajstić information content (AvgIpc) is 3.47. The lowest BCUT2D eigenvalue weighted by Crippen LogP contribution is -2.49. The molecule has 2 amide bonds. The highest BCUT2D eigenvalue weighted by Gasteiger charge is 2.50. The summed E-state index contributed by atoms with van der Waals surface area (Å²) in [5, 5.41) is 6.46. The van der Waals surface area contributed by atoms with Gasteiger partial charge in [-0.3, -0.25) is 24.0 Å².